The van der Waals surface area contributed by atoms with Crippen molar-refractivity contribution in [1.82, 2.24) is 15.5 Å². The minimum absolute atomic E-state index is 0.0836. The summed E-state index contributed by atoms with van der Waals surface area (Å²) in [5, 5.41) is 15.1. The van der Waals surface area contributed by atoms with Gasteiger partial charge in [-0.3, -0.25) is 4.79 Å². The molecule has 1 unspecified atom stereocenters. The molecular weight excluding hydrogens is 306 g/mol. The molecule has 0 bridgehead atoms. The number of amides is 3. The summed E-state index contributed by atoms with van der Waals surface area (Å²) in [6.07, 6.45) is 2.96. The summed E-state index contributed by atoms with van der Waals surface area (Å²) in [4.78, 5) is 35.3. The van der Waals surface area contributed by atoms with E-state index in [1.165, 1.54) is 18.9 Å². The highest BCUT2D eigenvalue weighted by molar-refractivity contribution is 8.00. The summed E-state index contributed by atoms with van der Waals surface area (Å²) >= 11 is 1.86. The van der Waals surface area contributed by atoms with Crippen molar-refractivity contribution in [3.05, 3.63) is 0 Å². The van der Waals surface area contributed by atoms with Crippen LogP contribution in [0.3, 0.4) is 0 Å². The average molecular weight is 329 g/mol. The maximum atomic E-state index is 11.9. The Bertz CT molecular complexity index is 459. The quantitative estimate of drug-likeness (QED) is 0.470. The highest BCUT2D eigenvalue weighted by Gasteiger charge is 2.42. The zero-order chi connectivity index (χ0) is 16.3. The van der Waals surface area contributed by atoms with E-state index in [0.29, 0.717) is 11.7 Å². The fraction of sp³-hybridized carbons (Fsp3) is 0.786. The number of likely N-dealkylation sites (N-methyl/N-ethyl adjacent to an activating group) is 1. The number of fused-ring (bicyclic) bond motifs is 1. The van der Waals surface area contributed by atoms with Crippen molar-refractivity contribution in [1.29, 1.82) is 0 Å². The molecule has 2 saturated heterocycles. The van der Waals surface area contributed by atoms with Gasteiger partial charge in [0.1, 0.15) is 6.04 Å². The van der Waals surface area contributed by atoms with E-state index in [9.17, 15) is 14.4 Å². The number of aliphatic carboxylic acids is 1. The Morgan fingerprint density at radius 2 is 2.14 bits per heavy atom. The van der Waals surface area contributed by atoms with Crippen LogP contribution in [0.2, 0.25) is 0 Å². The Labute approximate surface area is 134 Å². The first kappa shape index (κ1) is 16.9. The largest absolute Gasteiger partial charge is 0.480 e. The van der Waals surface area contributed by atoms with E-state index in [1.54, 1.807) is 0 Å². The summed E-state index contributed by atoms with van der Waals surface area (Å²) in [7, 11) is 1.53. The summed E-state index contributed by atoms with van der Waals surface area (Å²) in [5.41, 5.74) is 0. The number of hydrogen-bond donors (Lipinski definition) is 3. The number of nitrogens with one attached hydrogen (secondary N) is 2. The molecule has 0 radical (unpaired) electrons. The second-order valence-electron chi connectivity index (χ2n) is 5.89. The standard InChI is InChI=1S/C14H23N3O4S/c1-8(13(19)20)17(2)11(18)6-4-3-5-10-12-9(7-22-10)15-14(21)16-12/h8-10,12H,3-7H2,1-2H3,(H,19,20)(H2,15,16,21)/t8?,9-,10-,12-/m0/s1. The van der Waals surface area contributed by atoms with Gasteiger partial charge in [0.05, 0.1) is 12.1 Å². The number of thioether (sulfide) groups is 1. The highest BCUT2D eigenvalue weighted by atomic mass is 32.2. The van der Waals surface area contributed by atoms with Gasteiger partial charge in [0, 0.05) is 24.5 Å². The number of nitrogens with zero attached hydrogens (tertiary/aromatic N) is 1. The molecule has 0 aliphatic carbocycles. The number of carboxylic acid groups (broad SMARTS) is 1. The monoisotopic (exact) mass is 329 g/mol. The molecule has 124 valence electrons. The van der Waals surface area contributed by atoms with Crippen LogP contribution in [0.1, 0.15) is 32.6 Å². The lowest BCUT2D eigenvalue weighted by molar-refractivity contribution is -0.148. The lowest BCUT2D eigenvalue weighted by Gasteiger charge is -2.21. The molecule has 8 heteroatoms. The maximum absolute atomic E-state index is 11.9. The second kappa shape index (κ2) is 7.21. The molecular formula is C14H23N3O4S. The van der Waals surface area contributed by atoms with Crippen LogP contribution in [0.25, 0.3) is 0 Å². The molecule has 2 aliphatic heterocycles. The number of hydrogen-bond acceptors (Lipinski definition) is 4. The van der Waals surface area contributed by atoms with Crippen molar-refractivity contribution in [3.8, 4) is 0 Å². The Kier molecular flexibility index (Phi) is 5.55. The molecule has 22 heavy (non-hydrogen) atoms. The van der Waals surface area contributed by atoms with Gasteiger partial charge in [-0.2, -0.15) is 11.8 Å². The highest BCUT2D eigenvalue weighted by Crippen LogP contribution is 2.33. The third-order valence-electron chi connectivity index (χ3n) is 4.40. The van der Waals surface area contributed by atoms with E-state index in [2.05, 4.69) is 10.6 Å². The van der Waals surface area contributed by atoms with Gasteiger partial charge in [-0.15, -0.1) is 0 Å². The molecule has 0 aromatic carbocycles. The van der Waals surface area contributed by atoms with Crippen molar-refractivity contribution in [3.63, 3.8) is 0 Å². The van der Waals surface area contributed by atoms with Crippen LogP contribution in [0.4, 0.5) is 4.79 Å². The number of carbonyl (C=O) groups excluding carboxylic acids is 2. The topological polar surface area (TPSA) is 98.7 Å². The van der Waals surface area contributed by atoms with Gasteiger partial charge in [-0.05, 0) is 19.8 Å². The van der Waals surface area contributed by atoms with Gasteiger partial charge >= 0.3 is 12.0 Å². The van der Waals surface area contributed by atoms with Crippen molar-refractivity contribution < 1.29 is 19.5 Å². The fourth-order valence-electron chi connectivity index (χ4n) is 2.82. The molecule has 3 amide bonds. The summed E-state index contributed by atoms with van der Waals surface area (Å²) in [6.45, 7) is 1.51. The zero-order valence-electron chi connectivity index (χ0n) is 12.9. The first-order chi connectivity index (χ1) is 10.4. The number of urea groups is 1. The van der Waals surface area contributed by atoms with E-state index in [-0.39, 0.29) is 24.0 Å². The predicted octanol–water partition coefficient (Wildman–Crippen LogP) is 0.644. The number of rotatable bonds is 7. The first-order valence-electron chi connectivity index (χ1n) is 7.57. The third kappa shape index (κ3) is 3.85. The first-order valence-corrected chi connectivity index (χ1v) is 8.62. The molecule has 0 aromatic heterocycles. The van der Waals surface area contributed by atoms with Gasteiger partial charge in [-0.25, -0.2) is 9.59 Å². The third-order valence-corrected chi connectivity index (χ3v) is 5.91. The van der Waals surface area contributed by atoms with Crippen LogP contribution < -0.4 is 10.6 Å². The SMILES string of the molecule is CC(C(=O)O)N(C)C(=O)CCCC[C@@H]1SC[C@@H]2NC(=O)N[C@@H]21. The smallest absolute Gasteiger partial charge is 0.326 e. The molecule has 2 fully saturated rings. The van der Waals surface area contributed by atoms with Gasteiger partial charge in [0.15, 0.2) is 0 Å². The summed E-state index contributed by atoms with van der Waals surface area (Å²) < 4.78 is 0. The minimum atomic E-state index is -0.992. The average Bonchev–Trinajstić information content (AvgIpc) is 3.01. The molecule has 2 aliphatic rings. The predicted molar refractivity (Wildman–Crippen MR) is 83.8 cm³/mol. The zero-order valence-corrected chi connectivity index (χ0v) is 13.7. The summed E-state index contributed by atoms with van der Waals surface area (Å²) in [5.74, 6) is -0.192. The number of carboxylic acids is 1. The Morgan fingerprint density at radius 3 is 2.82 bits per heavy atom. The van der Waals surface area contributed by atoms with Gasteiger partial charge in [0.25, 0.3) is 0 Å². The normalized spacial score (nSPS) is 27.7. The number of carbonyl (C=O) groups is 3. The summed E-state index contributed by atoms with van der Waals surface area (Å²) in [6, 6.07) is -0.451. The van der Waals surface area contributed by atoms with Gasteiger partial charge in [0.2, 0.25) is 5.91 Å². The van der Waals surface area contributed by atoms with Gasteiger partial charge < -0.3 is 20.6 Å². The molecule has 2 rings (SSSR count). The van der Waals surface area contributed by atoms with Crippen LogP contribution in [-0.4, -0.2) is 64.1 Å². The van der Waals surface area contributed by atoms with Crippen LogP contribution >= 0.6 is 11.8 Å². The second-order valence-corrected chi connectivity index (χ2v) is 7.16. The van der Waals surface area contributed by atoms with E-state index < -0.39 is 12.0 Å². The van der Waals surface area contributed by atoms with Crippen molar-refractivity contribution in [2.75, 3.05) is 12.8 Å². The lowest BCUT2D eigenvalue weighted by atomic mass is 10.0. The van der Waals surface area contributed by atoms with Crippen LogP contribution in [-0.2, 0) is 9.59 Å². The van der Waals surface area contributed by atoms with Crippen molar-refractivity contribution >= 4 is 29.7 Å². The Morgan fingerprint density at radius 1 is 1.41 bits per heavy atom. The molecule has 0 spiro atoms. The molecule has 0 saturated carbocycles. The Hall–Kier alpha value is -1.44. The molecule has 3 N–H and O–H groups in total. The van der Waals surface area contributed by atoms with Crippen LogP contribution in [0.5, 0.6) is 0 Å². The molecule has 0 aromatic rings. The van der Waals surface area contributed by atoms with E-state index >= 15 is 0 Å². The molecule has 7 nitrogen and oxygen atoms in total. The van der Waals surface area contributed by atoms with Crippen LogP contribution in [0, 0.1) is 0 Å². The molecule has 4 atom stereocenters. The lowest BCUT2D eigenvalue weighted by Crippen LogP contribution is -2.40. The minimum Gasteiger partial charge on any atom is -0.480 e. The molecule has 2 heterocycles. The van der Waals surface area contributed by atoms with Gasteiger partial charge in [-0.1, -0.05) is 6.42 Å². The van der Waals surface area contributed by atoms with E-state index in [0.717, 1.165) is 25.0 Å². The Balaban J connectivity index is 1.66. The van der Waals surface area contributed by atoms with E-state index in [4.69, 9.17) is 5.11 Å². The number of unbranched alkanes of at least 4 members (excludes halogenated alkanes) is 1. The fourth-order valence-corrected chi connectivity index (χ4v) is 4.37. The van der Waals surface area contributed by atoms with Crippen LogP contribution in [0.15, 0.2) is 0 Å². The van der Waals surface area contributed by atoms with Crippen molar-refractivity contribution in [2.45, 2.75) is 56.0 Å². The van der Waals surface area contributed by atoms with Crippen molar-refractivity contribution in [2.24, 2.45) is 0 Å². The van der Waals surface area contributed by atoms with E-state index in [1.807, 2.05) is 11.8 Å². The maximum Gasteiger partial charge on any atom is 0.326 e.